The Morgan fingerprint density at radius 1 is 1.35 bits per heavy atom. The molecule has 1 aliphatic rings. The van der Waals surface area contributed by atoms with Crippen molar-refractivity contribution in [2.45, 2.75) is 32.1 Å². The third-order valence-electron chi connectivity index (χ3n) is 3.39. The van der Waals surface area contributed by atoms with Crippen LogP contribution >= 0.6 is 0 Å². The maximum Gasteiger partial charge on any atom is 0.227 e. The molecule has 17 heavy (non-hydrogen) atoms. The first-order valence-corrected chi connectivity index (χ1v) is 6.14. The number of nitrogens with two attached hydrogens (primary N) is 1. The van der Waals surface area contributed by atoms with E-state index in [1.807, 2.05) is 24.3 Å². The number of rotatable bonds is 4. The molecule has 1 aliphatic carbocycles. The summed E-state index contributed by atoms with van der Waals surface area (Å²) < 4.78 is 0. The summed E-state index contributed by atoms with van der Waals surface area (Å²) in [6.45, 7) is 4.84. The van der Waals surface area contributed by atoms with Crippen molar-refractivity contribution in [2.75, 3.05) is 11.9 Å². The molecule has 0 atom stereocenters. The summed E-state index contributed by atoms with van der Waals surface area (Å²) in [5, 5.41) is 2.93. The molecule has 92 valence electrons. The van der Waals surface area contributed by atoms with Crippen molar-refractivity contribution < 1.29 is 4.79 Å². The predicted octanol–water partition coefficient (Wildman–Crippen LogP) is 2.27. The minimum atomic E-state index is -0.0148. The number of anilines is 1. The molecule has 1 saturated carbocycles. The van der Waals surface area contributed by atoms with Gasteiger partial charge in [-0.15, -0.1) is 0 Å². The van der Waals surface area contributed by atoms with Crippen LogP contribution < -0.4 is 11.1 Å². The van der Waals surface area contributed by atoms with E-state index in [0.29, 0.717) is 6.54 Å². The molecule has 0 aliphatic heterocycles. The van der Waals surface area contributed by atoms with Gasteiger partial charge in [0.15, 0.2) is 0 Å². The van der Waals surface area contributed by atoms with Gasteiger partial charge in [0.05, 0.1) is 0 Å². The van der Waals surface area contributed by atoms with Crippen LogP contribution in [0.2, 0.25) is 0 Å². The van der Waals surface area contributed by atoms with E-state index in [2.05, 4.69) is 19.2 Å². The molecule has 0 spiro atoms. The van der Waals surface area contributed by atoms with Crippen molar-refractivity contribution >= 4 is 11.6 Å². The van der Waals surface area contributed by atoms with E-state index >= 15 is 0 Å². The van der Waals surface area contributed by atoms with Gasteiger partial charge in [-0.3, -0.25) is 4.79 Å². The van der Waals surface area contributed by atoms with Gasteiger partial charge in [0.2, 0.25) is 5.91 Å². The SMILES string of the molecule is CC(C)(CN)c1ccc(NC(=O)C2CC2)cc1. The molecule has 1 aromatic carbocycles. The molecule has 2 rings (SSSR count). The first kappa shape index (κ1) is 12.1. The van der Waals surface area contributed by atoms with Crippen LogP contribution in [-0.2, 0) is 10.2 Å². The molecule has 0 heterocycles. The Morgan fingerprint density at radius 3 is 2.41 bits per heavy atom. The number of benzene rings is 1. The molecular weight excluding hydrogens is 212 g/mol. The summed E-state index contributed by atoms with van der Waals surface area (Å²) in [5.74, 6) is 0.394. The van der Waals surface area contributed by atoms with E-state index in [4.69, 9.17) is 5.73 Å². The van der Waals surface area contributed by atoms with Gasteiger partial charge in [0.25, 0.3) is 0 Å². The lowest BCUT2D eigenvalue weighted by Crippen LogP contribution is -2.28. The Morgan fingerprint density at radius 2 is 1.94 bits per heavy atom. The summed E-state index contributed by atoms with van der Waals surface area (Å²) >= 11 is 0. The average Bonchev–Trinajstić information content (AvgIpc) is 3.13. The van der Waals surface area contributed by atoms with Crippen LogP contribution in [0.5, 0.6) is 0 Å². The molecule has 1 aromatic rings. The minimum absolute atomic E-state index is 0.0148. The maximum atomic E-state index is 11.6. The minimum Gasteiger partial charge on any atom is -0.330 e. The zero-order chi connectivity index (χ0) is 12.5. The fourth-order valence-electron chi connectivity index (χ4n) is 1.71. The molecule has 0 unspecified atom stereocenters. The Balaban J connectivity index is 2.04. The van der Waals surface area contributed by atoms with Crippen LogP contribution in [0.4, 0.5) is 5.69 Å². The Hall–Kier alpha value is -1.35. The first-order valence-electron chi connectivity index (χ1n) is 6.14. The van der Waals surface area contributed by atoms with Crippen molar-refractivity contribution in [3.8, 4) is 0 Å². The second-order valence-corrected chi connectivity index (χ2v) is 5.43. The Bertz CT molecular complexity index is 405. The maximum absolute atomic E-state index is 11.6. The number of carbonyl (C=O) groups excluding carboxylic acids is 1. The average molecular weight is 232 g/mol. The number of hydrogen-bond acceptors (Lipinski definition) is 2. The second kappa shape index (κ2) is 4.49. The Kier molecular flexibility index (Phi) is 3.20. The van der Waals surface area contributed by atoms with E-state index < -0.39 is 0 Å². The normalized spacial score (nSPS) is 15.7. The van der Waals surface area contributed by atoms with E-state index in [1.54, 1.807) is 0 Å². The molecular formula is C14H20N2O. The van der Waals surface area contributed by atoms with Crippen LogP contribution in [-0.4, -0.2) is 12.5 Å². The fourth-order valence-corrected chi connectivity index (χ4v) is 1.71. The zero-order valence-corrected chi connectivity index (χ0v) is 10.5. The van der Waals surface area contributed by atoms with E-state index in [-0.39, 0.29) is 17.2 Å². The predicted molar refractivity (Wildman–Crippen MR) is 69.9 cm³/mol. The topological polar surface area (TPSA) is 55.1 Å². The summed E-state index contributed by atoms with van der Waals surface area (Å²) in [6, 6.07) is 7.98. The second-order valence-electron chi connectivity index (χ2n) is 5.43. The highest BCUT2D eigenvalue weighted by Gasteiger charge is 2.29. The van der Waals surface area contributed by atoms with Crippen LogP contribution in [0.25, 0.3) is 0 Å². The summed E-state index contributed by atoms with van der Waals surface area (Å²) in [7, 11) is 0. The van der Waals surface area contributed by atoms with Crippen LogP contribution in [0, 0.1) is 5.92 Å². The zero-order valence-electron chi connectivity index (χ0n) is 10.5. The third-order valence-corrected chi connectivity index (χ3v) is 3.39. The van der Waals surface area contributed by atoms with Crippen LogP contribution in [0.1, 0.15) is 32.3 Å². The van der Waals surface area contributed by atoms with Gasteiger partial charge in [-0.1, -0.05) is 26.0 Å². The summed E-state index contributed by atoms with van der Waals surface area (Å²) in [5.41, 5.74) is 7.79. The van der Waals surface area contributed by atoms with Crippen molar-refractivity contribution in [2.24, 2.45) is 11.7 Å². The molecule has 3 N–H and O–H groups in total. The largest absolute Gasteiger partial charge is 0.330 e. The number of carbonyl (C=O) groups is 1. The van der Waals surface area contributed by atoms with Gasteiger partial charge < -0.3 is 11.1 Å². The summed E-state index contributed by atoms with van der Waals surface area (Å²) in [4.78, 5) is 11.6. The van der Waals surface area contributed by atoms with Crippen molar-refractivity contribution in [1.82, 2.24) is 0 Å². The van der Waals surface area contributed by atoms with Crippen molar-refractivity contribution in [1.29, 1.82) is 0 Å². The van der Waals surface area contributed by atoms with Gasteiger partial charge in [-0.2, -0.15) is 0 Å². The number of nitrogens with one attached hydrogen (secondary N) is 1. The molecule has 0 aromatic heterocycles. The van der Waals surface area contributed by atoms with Gasteiger partial charge >= 0.3 is 0 Å². The first-order chi connectivity index (χ1) is 8.03. The summed E-state index contributed by atoms with van der Waals surface area (Å²) in [6.07, 6.45) is 2.06. The van der Waals surface area contributed by atoms with E-state index in [9.17, 15) is 4.79 Å². The monoisotopic (exact) mass is 232 g/mol. The molecule has 0 saturated heterocycles. The molecule has 1 amide bonds. The van der Waals surface area contributed by atoms with Gasteiger partial charge in [-0.05, 0) is 30.5 Å². The van der Waals surface area contributed by atoms with Gasteiger partial charge in [0.1, 0.15) is 0 Å². The highest BCUT2D eigenvalue weighted by molar-refractivity contribution is 5.94. The van der Waals surface area contributed by atoms with E-state index in [1.165, 1.54) is 5.56 Å². The molecule has 3 heteroatoms. The molecule has 1 fully saturated rings. The Labute approximate surface area is 102 Å². The number of hydrogen-bond donors (Lipinski definition) is 2. The highest BCUT2D eigenvalue weighted by atomic mass is 16.2. The fraction of sp³-hybridized carbons (Fsp3) is 0.500. The number of amides is 1. The van der Waals surface area contributed by atoms with Crippen LogP contribution in [0.3, 0.4) is 0 Å². The molecule has 0 radical (unpaired) electrons. The van der Waals surface area contributed by atoms with E-state index in [0.717, 1.165) is 18.5 Å². The molecule has 0 bridgehead atoms. The van der Waals surface area contributed by atoms with Gasteiger partial charge in [0, 0.05) is 23.6 Å². The van der Waals surface area contributed by atoms with Crippen LogP contribution in [0.15, 0.2) is 24.3 Å². The standard InChI is InChI=1S/C14H20N2O/c1-14(2,9-15)11-5-7-12(8-6-11)16-13(17)10-3-4-10/h5-8,10H,3-4,9,15H2,1-2H3,(H,16,17). The lowest BCUT2D eigenvalue weighted by atomic mass is 9.85. The van der Waals surface area contributed by atoms with Gasteiger partial charge in [-0.25, -0.2) is 0 Å². The third kappa shape index (κ3) is 2.86. The quantitative estimate of drug-likeness (QED) is 0.836. The van der Waals surface area contributed by atoms with Crippen molar-refractivity contribution in [3.05, 3.63) is 29.8 Å². The molecule has 3 nitrogen and oxygen atoms in total. The van der Waals surface area contributed by atoms with Crippen molar-refractivity contribution in [3.63, 3.8) is 0 Å². The highest BCUT2D eigenvalue weighted by Crippen LogP contribution is 2.30. The smallest absolute Gasteiger partial charge is 0.227 e. The lowest BCUT2D eigenvalue weighted by molar-refractivity contribution is -0.117. The lowest BCUT2D eigenvalue weighted by Gasteiger charge is -2.23.